The summed E-state index contributed by atoms with van der Waals surface area (Å²) in [5.74, 6) is 0. The SMILES string of the molecule is CN(C)CCc1ccc2nc(CN)sc2c1.Cl. The van der Waals surface area contributed by atoms with Crippen LogP contribution in [0.1, 0.15) is 10.6 Å². The largest absolute Gasteiger partial charge is 0.325 e. The van der Waals surface area contributed by atoms with Gasteiger partial charge in [0.05, 0.1) is 10.2 Å². The molecule has 2 N–H and O–H groups in total. The first-order valence-electron chi connectivity index (χ1n) is 5.42. The summed E-state index contributed by atoms with van der Waals surface area (Å²) in [4.78, 5) is 6.65. The molecule has 0 aliphatic rings. The molecule has 17 heavy (non-hydrogen) atoms. The van der Waals surface area contributed by atoms with Crippen LogP contribution in [0.2, 0.25) is 0 Å². The maximum Gasteiger partial charge on any atom is 0.107 e. The maximum atomic E-state index is 5.59. The first-order valence-corrected chi connectivity index (χ1v) is 6.24. The van der Waals surface area contributed by atoms with Gasteiger partial charge in [-0.15, -0.1) is 23.7 Å². The number of nitrogens with zero attached hydrogens (tertiary/aromatic N) is 2. The summed E-state index contributed by atoms with van der Waals surface area (Å²) < 4.78 is 1.25. The van der Waals surface area contributed by atoms with Crippen LogP contribution in [-0.2, 0) is 13.0 Å². The van der Waals surface area contributed by atoms with Gasteiger partial charge in [-0.2, -0.15) is 0 Å². The Bertz CT molecular complexity index is 482. The normalized spacial score (nSPS) is 10.8. The molecular weight excluding hydrogens is 254 g/mol. The van der Waals surface area contributed by atoms with Gasteiger partial charge in [0.25, 0.3) is 0 Å². The fourth-order valence-corrected chi connectivity index (χ4v) is 2.52. The number of nitrogens with two attached hydrogens (primary N) is 1. The molecule has 1 aromatic carbocycles. The molecule has 0 bridgehead atoms. The van der Waals surface area contributed by atoms with E-state index in [9.17, 15) is 0 Å². The van der Waals surface area contributed by atoms with Crippen molar-refractivity contribution in [1.82, 2.24) is 9.88 Å². The van der Waals surface area contributed by atoms with E-state index in [-0.39, 0.29) is 12.4 Å². The van der Waals surface area contributed by atoms with E-state index in [1.807, 2.05) is 0 Å². The van der Waals surface area contributed by atoms with Gasteiger partial charge >= 0.3 is 0 Å². The van der Waals surface area contributed by atoms with E-state index < -0.39 is 0 Å². The Kier molecular flexibility index (Phi) is 5.33. The summed E-state index contributed by atoms with van der Waals surface area (Å²) >= 11 is 1.70. The number of halogens is 1. The van der Waals surface area contributed by atoms with Crippen LogP contribution >= 0.6 is 23.7 Å². The van der Waals surface area contributed by atoms with E-state index in [1.165, 1.54) is 10.3 Å². The van der Waals surface area contributed by atoms with E-state index in [0.717, 1.165) is 23.5 Å². The zero-order valence-electron chi connectivity index (χ0n) is 10.1. The van der Waals surface area contributed by atoms with E-state index in [0.29, 0.717) is 6.54 Å². The lowest BCUT2D eigenvalue weighted by atomic mass is 10.1. The standard InChI is InChI=1S/C12H17N3S.ClH/c1-15(2)6-5-9-3-4-10-11(7-9)16-12(8-13)14-10;/h3-4,7H,5-6,8,13H2,1-2H3;1H. The van der Waals surface area contributed by atoms with Crippen LogP contribution in [0.5, 0.6) is 0 Å². The highest BCUT2D eigenvalue weighted by atomic mass is 35.5. The number of hydrogen-bond acceptors (Lipinski definition) is 4. The molecule has 0 unspecified atom stereocenters. The molecule has 0 radical (unpaired) electrons. The molecule has 2 aromatic rings. The van der Waals surface area contributed by atoms with Gasteiger partial charge in [-0.25, -0.2) is 4.98 Å². The fraction of sp³-hybridized carbons (Fsp3) is 0.417. The van der Waals surface area contributed by atoms with Gasteiger partial charge < -0.3 is 10.6 Å². The van der Waals surface area contributed by atoms with Crippen molar-refractivity contribution in [2.45, 2.75) is 13.0 Å². The molecule has 0 aliphatic heterocycles. The third kappa shape index (κ3) is 3.64. The lowest BCUT2D eigenvalue weighted by Crippen LogP contribution is -2.14. The van der Waals surface area contributed by atoms with Crippen molar-refractivity contribution in [1.29, 1.82) is 0 Å². The van der Waals surface area contributed by atoms with Crippen molar-refractivity contribution in [3.63, 3.8) is 0 Å². The molecule has 0 atom stereocenters. The smallest absolute Gasteiger partial charge is 0.107 e. The first kappa shape index (κ1) is 14.4. The Morgan fingerprint density at radius 2 is 2.12 bits per heavy atom. The van der Waals surface area contributed by atoms with Gasteiger partial charge in [0.15, 0.2) is 0 Å². The number of aromatic nitrogens is 1. The third-order valence-electron chi connectivity index (χ3n) is 2.52. The number of rotatable bonds is 4. The van der Waals surface area contributed by atoms with Crippen LogP contribution in [0.15, 0.2) is 18.2 Å². The van der Waals surface area contributed by atoms with Crippen molar-refractivity contribution in [3.05, 3.63) is 28.8 Å². The number of fused-ring (bicyclic) bond motifs is 1. The molecular formula is C12H18ClN3S. The Labute approximate surface area is 112 Å². The first-order chi connectivity index (χ1) is 7.69. The average Bonchev–Trinajstić information content (AvgIpc) is 2.68. The molecule has 3 nitrogen and oxygen atoms in total. The molecule has 0 saturated carbocycles. The molecule has 0 fully saturated rings. The molecule has 0 saturated heterocycles. The Morgan fingerprint density at radius 1 is 1.35 bits per heavy atom. The minimum atomic E-state index is 0. The fourth-order valence-electron chi connectivity index (χ4n) is 1.61. The number of likely N-dealkylation sites (N-methyl/N-ethyl adjacent to an activating group) is 1. The Morgan fingerprint density at radius 3 is 2.76 bits per heavy atom. The number of benzene rings is 1. The van der Waals surface area contributed by atoms with Gasteiger partial charge in [-0.05, 0) is 38.2 Å². The predicted octanol–water partition coefficient (Wildman–Crippen LogP) is 2.28. The number of hydrogen-bond donors (Lipinski definition) is 1. The highest BCUT2D eigenvalue weighted by molar-refractivity contribution is 7.18. The van der Waals surface area contributed by atoms with Crippen molar-refractivity contribution in [3.8, 4) is 0 Å². The molecule has 0 amide bonds. The van der Waals surface area contributed by atoms with Crippen LogP contribution in [0, 0.1) is 0 Å². The van der Waals surface area contributed by atoms with E-state index in [2.05, 4.69) is 42.2 Å². The van der Waals surface area contributed by atoms with Gasteiger partial charge in [-0.1, -0.05) is 6.07 Å². The summed E-state index contributed by atoms with van der Waals surface area (Å²) in [6.07, 6.45) is 1.08. The van der Waals surface area contributed by atoms with Crippen LogP contribution in [0.3, 0.4) is 0 Å². The van der Waals surface area contributed by atoms with Crippen LogP contribution < -0.4 is 5.73 Å². The van der Waals surface area contributed by atoms with Gasteiger partial charge in [-0.3, -0.25) is 0 Å². The van der Waals surface area contributed by atoms with Crippen LogP contribution in [0.4, 0.5) is 0 Å². The van der Waals surface area contributed by atoms with E-state index in [1.54, 1.807) is 11.3 Å². The summed E-state index contributed by atoms with van der Waals surface area (Å²) in [7, 11) is 4.19. The van der Waals surface area contributed by atoms with Crippen molar-refractivity contribution in [2.75, 3.05) is 20.6 Å². The zero-order chi connectivity index (χ0) is 11.5. The monoisotopic (exact) mass is 271 g/mol. The molecule has 2 rings (SSSR count). The predicted molar refractivity (Wildman–Crippen MR) is 77.0 cm³/mol. The number of thiazole rings is 1. The maximum absolute atomic E-state index is 5.59. The minimum absolute atomic E-state index is 0. The zero-order valence-corrected chi connectivity index (χ0v) is 11.8. The molecule has 1 aromatic heterocycles. The highest BCUT2D eigenvalue weighted by Gasteiger charge is 2.03. The molecule has 1 heterocycles. The lowest BCUT2D eigenvalue weighted by molar-refractivity contribution is 0.414. The summed E-state index contributed by atoms with van der Waals surface area (Å²) in [6.45, 7) is 1.61. The highest BCUT2D eigenvalue weighted by Crippen LogP contribution is 2.23. The summed E-state index contributed by atoms with van der Waals surface area (Å²) in [5, 5.41) is 1.01. The lowest BCUT2D eigenvalue weighted by Gasteiger charge is -2.08. The molecule has 0 aliphatic carbocycles. The Balaban J connectivity index is 0.00000144. The molecule has 0 spiro atoms. The minimum Gasteiger partial charge on any atom is -0.325 e. The van der Waals surface area contributed by atoms with Crippen LogP contribution in [-0.4, -0.2) is 30.5 Å². The second kappa shape index (κ2) is 6.31. The molecule has 5 heteroatoms. The van der Waals surface area contributed by atoms with Gasteiger partial charge in [0, 0.05) is 13.1 Å². The van der Waals surface area contributed by atoms with E-state index >= 15 is 0 Å². The second-order valence-corrected chi connectivity index (χ2v) is 5.28. The third-order valence-corrected chi connectivity index (χ3v) is 3.56. The Hall–Kier alpha value is -0.680. The van der Waals surface area contributed by atoms with Gasteiger partial charge in [0.1, 0.15) is 5.01 Å². The van der Waals surface area contributed by atoms with Gasteiger partial charge in [0.2, 0.25) is 0 Å². The van der Waals surface area contributed by atoms with Crippen LogP contribution in [0.25, 0.3) is 10.2 Å². The van der Waals surface area contributed by atoms with E-state index in [4.69, 9.17) is 5.73 Å². The molecule has 94 valence electrons. The second-order valence-electron chi connectivity index (χ2n) is 4.17. The topological polar surface area (TPSA) is 42.2 Å². The van der Waals surface area contributed by atoms with Crippen molar-refractivity contribution < 1.29 is 0 Å². The average molecular weight is 272 g/mol. The summed E-state index contributed by atoms with van der Waals surface area (Å²) in [5.41, 5.74) is 8.03. The van der Waals surface area contributed by atoms with Crippen molar-refractivity contribution >= 4 is 34.0 Å². The summed E-state index contributed by atoms with van der Waals surface area (Å²) in [6, 6.07) is 6.48. The quantitative estimate of drug-likeness (QED) is 0.928. The van der Waals surface area contributed by atoms with Crippen molar-refractivity contribution in [2.24, 2.45) is 5.73 Å².